The first-order valence-electron chi connectivity index (χ1n) is 8.94. The molecule has 0 saturated heterocycles. The average molecular weight is 390 g/mol. The van der Waals surface area contributed by atoms with Crippen molar-refractivity contribution in [1.82, 2.24) is 14.7 Å². The largest absolute Gasteiger partial charge is 0.365 e. The fourth-order valence-electron chi connectivity index (χ4n) is 2.90. The number of hydrogen-bond donors (Lipinski definition) is 2. The predicted molar refractivity (Wildman–Crippen MR) is 113 cm³/mol. The third kappa shape index (κ3) is 4.32. The van der Waals surface area contributed by atoms with Crippen molar-refractivity contribution in [3.8, 4) is 0 Å². The Bertz CT molecular complexity index is 1120. The van der Waals surface area contributed by atoms with Crippen molar-refractivity contribution in [2.75, 3.05) is 11.6 Å². The number of imidazole rings is 1. The summed E-state index contributed by atoms with van der Waals surface area (Å²) < 4.78 is 1.54. The summed E-state index contributed by atoms with van der Waals surface area (Å²) in [6.45, 7) is 7.80. The lowest BCUT2D eigenvalue weighted by Crippen LogP contribution is -2.27. The van der Waals surface area contributed by atoms with Gasteiger partial charge in [0.05, 0.1) is 17.4 Å². The number of carbonyl (C=O) groups is 2. The van der Waals surface area contributed by atoms with E-state index in [0.717, 1.165) is 16.8 Å². The van der Waals surface area contributed by atoms with Crippen molar-refractivity contribution in [2.45, 2.75) is 13.8 Å². The highest BCUT2D eigenvalue weighted by atomic mass is 16.2. The molecule has 3 N–H and O–H groups in total. The Morgan fingerprint density at radius 1 is 1.34 bits per heavy atom. The van der Waals surface area contributed by atoms with Crippen LogP contribution in [0.3, 0.4) is 0 Å². The Morgan fingerprint density at radius 2 is 2.14 bits per heavy atom. The molecule has 0 spiro atoms. The molecular formula is C21H22N6O2. The maximum atomic E-state index is 12.6. The molecule has 148 valence electrons. The number of nitrogens with two attached hydrogens (primary N) is 1. The van der Waals surface area contributed by atoms with Crippen LogP contribution in [0.25, 0.3) is 5.65 Å². The van der Waals surface area contributed by atoms with Gasteiger partial charge in [-0.25, -0.2) is 9.99 Å². The van der Waals surface area contributed by atoms with Crippen molar-refractivity contribution in [3.63, 3.8) is 0 Å². The van der Waals surface area contributed by atoms with E-state index >= 15 is 0 Å². The topological polar surface area (TPSA) is 105 Å². The van der Waals surface area contributed by atoms with Crippen LogP contribution in [-0.2, 0) is 0 Å². The van der Waals surface area contributed by atoms with Crippen molar-refractivity contribution >= 4 is 29.9 Å². The molecule has 0 radical (unpaired) electrons. The Hall–Kier alpha value is -3.94. The molecule has 0 aliphatic carbocycles. The van der Waals surface area contributed by atoms with Gasteiger partial charge in [-0.1, -0.05) is 12.1 Å². The number of rotatable bonds is 7. The number of carbonyl (C=O) groups excluding carboxylic acids is 2. The van der Waals surface area contributed by atoms with Crippen molar-refractivity contribution in [1.29, 1.82) is 0 Å². The third-order valence-corrected chi connectivity index (χ3v) is 4.32. The van der Waals surface area contributed by atoms with Crippen LogP contribution in [0.2, 0.25) is 0 Å². The minimum absolute atomic E-state index is 0.258. The van der Waals surface area contributed by atoms with E-state index in [9.17, 15) is 9.59 Å². The summed E-state index contributed by atoms with van der Waals surface area (Å²) in [7, 11) is 0. The molecule has 0 unspecified atom stereocenters. The minimum Gasteiger partial charge on any atom is -0.365 e. The number of pyridine rings is 1. The quantitative estimate of drug-likeness (QED) is 0.478. The molecule has 2 amide bonds. The molecule has 0 aliphatic rings. The maximum absolute atomic E-state index is 12.6. The SMILES string of the molecule is C=NN(/C=C(\C)CNC(=O)c1cnc2c(C(N)=O)cccn12)c1cccc(C)c1. The first kappa shape index (κ1) is 19.8. The number of nitrogens with zero attached hydrogens (tertiary/aromatic N) is 4. The zero-order valence-corrected chi connectivity index (χ0v) is 16.3. The van der Waals surface area contributed by atoms with Gasteiger partial charge in [0.25, 0.3) is 11.8 Å². The molecule has 2 heterocycles. The summed E-state index contributed by atoms with van der Waals surface area (Å²) in [5.41, 5.74) is 9.14. The maximum Gasteiger partial charge on any atom is 0.270 e. The van der Waals surface area contributed by atoms with Crippen LogP contribution >= 0.6 is 0 Å². The number of aryl methyl sites for hydroxylation is 1. The third-order valence-electron chi connectivity index (χ3n) is 4.32. The van der Waals surface area contributed by atoms with Gasteiger partial charge in [-0.3, -0.25) is 14.0 Å². The number of hydrazone groups is 1. The number of primary amides is 1. The lowest BCUT2D eigenvalue weighted by molar-refractivity contribution is 0.0949. The normalized spacial score (nSPS) is 11.3. The van der Waals surface area contributed by atoms with Crippen molar-refractivity contribution in [2.24, 2.45) is 10.8 Å². The number of amides is 2. The van der Waals surface area contributed by atoms with Gasteiger partial charge in [0.1, 0.15) is 11.3 Å². The van der Waals surface area contributed by atoms with E-state index in [4.69, 9.17) is 5.73 Å². The predicted octanol–water partition coefficient (Wildman–Crippen LogP) is 2.50. The Labute approximate surface area is 168 Å². The molecule has 2 aromatic heterocycles. The number of hydrogen-bond acceptors (Lipinski definition) is 5. The van der Waals surface area contributed by atoms with Crippen LogP contribution in [0.5, 0.6) is 0 Å². The number of anilines is 1. The molecule has 8 heteroatoms. The smallest absolute Gasteiger partial charge is 0.270 e. The highest BCUT2D eigenvalue weighted by molar-refractivity contribution is 6.00. The van der Waals surface area contributed by atoms with E-state index in [0.29, 0.717) is 17.9 Å². The molecular weight excluding hydrogens is 368 g/mol. The van der Waals surface area contributed by atoms with Crippen LogP contribution in [0.4, 0.5) is 5.69 Å². The van der Waals surface area contributed by atoms with Crippen molar-refractivity contribution < 1.29 is 9.59 Å². The molecule has 3 rings (SSSR count). The molecule has 1 aromatic carbocycles. The minimum atomic E-state index is -0.597. The Morgan fingerprint density at radius 3 is 2.83 bits per heavy atom. The molecule has 0 atom stereocenters. The summed E-state index contributed by atoms with van der Waals surface area (Å²) in [6, 6.07) is 11.1. The summed E-state index contributed by atoms with van der Waals surface area (Å²) in [4.78, 5) is 28.3. The van der Waals surface area contributed by atoms with Gasteiger partial charge in [0.2, 0.25) is 0 Å². The second kappa shape index (κ2) is 8.39. The fraction of sp³-hybridized carbons (Fsp3) is 0.143. The summed E-state index contributed by atoms with van der Waals surface area (Å²) in [5.74, 6) is -0.916. The molecule has 0 bridgehead atoms. The zero-order valence-electron chi connectivity index (χ0n) is 16.3. The van der Waals surface area contributed by atoms with Crippen LogP contribution in [0.1, 0.15) is 33.3 Å². The van der Waals surface area contributed by atoms with Gasteiger partial charge in [0.15, 0.2) is 0 Å². The Balaban J connectivity index is 1.74. The van der Waals surface area contributed by atoms with Gasteiger partial charge >= 0.3 is 0 Å². The summed E-state index contributed by atoms with van der Waals surface area (Å²) >= 11 is 0. The van der Waals surface area contributed by atoms with Gasteiger partial charge in [-0.05, 0) is 49.2 Å². The number of benzene rings is 1. The zero-order chi connectivity index (χ0) is 21.0. The van der Waals surface area contributed by atoms with Gasteiger partial charge in [0, 0.05) is 25.7 Å². The molecule has 0 saturated carbocycles. The van der Waals surface area contributed by atoms with Crippen LogP contribution < -0.4 is 16.1 Å². The number of fused-ring (bicyclic) bond motifs is 1. The standard InChI is InChI=1S/C21H22N6O2/c1-14-6-4-7-16(10-14)27(23-3)13-15(2)11-25-21(29)18-12-24-20-17(19(22)28)8-5-9-26(18)20/h4-10,12-13H,3,11H2,1-2H3,(H2,22,28)(H,25,29)/b15-13+. The molecule has 29 heavy (non-hydrogen) atoms. The van der Waals surface area contributed by atoms with Crippen LogP contribution in [-0.4, -0.2) is 34.5 Å². The molecule has 8 nitrogen and oxygen atoms in total. The first-order valence-corrected chi connectivity index (χ1v) is 8.94. The highest BCUT2D eigenvalue weighted by Gasteiger charge is 2.15. The van der Waals surface area contributed by atoms with E-state index in [1.54, 1.807) is 27.7 Å². The molecule has 0 fully saturated rings. The van der Waals surface area contributed by atoms with E-state index in [1.807, 2.05) is 44.3 Å². The fourth-order valence-corrected chi connectivity index (χ4v) is 2.90. The average Bonchev–Trinajstić information content (AvgIpc) is 3.14. The van der Waals surface area contributed by atoms with E-state index < -0.39 is 5.91 Å². The number of aromatic nitrogens is 2. The van der Waals surface area contributed by atoms with E-state index in [-0.39, 0.29) is 11.5 Å². The number of nitrogens with one attached hydrogen (secondary N) is 1. The van der Waals surface area contributed by atoms with Gasteiger partial charge < -0.3 is 11.1 Å². The first-order chi connectivity index (χ1) is 13.9. The highest BCUT2D eigenvalue weighted by Crippen LogP contribution is 2.17. The van der Waals surface area contributed by atoms with Crippen molar-refractivity contribution in [3.05, 3.63) is 77.4 Å². The van der Waals surface area contributed by atoms with Crippen LogP contribution in [0.15, 0.2) is 65.7 Å². The second-order valence-corrected chi connectivity index (χ2v) is 6.61. The Kier molecular flexibility index (Phi) is 5.73. The van der Waals surface area contributed by atoms with Gasteiger partial charge in [-0.15, -0.1) is 0 Å². The second-order valence-electron chi connectivity index (χ2n) is 6.61. The molecule has 3 aromatic rings. The van der Waals surface area contributed by atoms with E-state index in [1.165, 1.54) is 6.20 Å². The lowest BCUT2D eigenvalue weighted by Gasteiger charge is -2.16. The summed E-state index contributed by atoms with van der Waals surface area (Å²) in [5, 5.41) is 8.52. The molecule has 0 aliphatic heterocycles. The van der Waals surface area contributed by atoms with Crippen LogP contribution in [0, 0.1) is 6.92 Å². The lowest BCUT2D eigenvalue weighted by atomic mass is 10.2. The monoisotopic (exact) mass is 390 g/mol. The van der Waals surface area contributed by atoms with Gasteiger partial charge in [-0.2, -0.15) is 5.10 Å². The van der Waals surface area contributed by atoms with E-state index in [2.05, 4.69) is 22.1 Å². The summed E-state index contributed by atoms with van der Waals surface area (Å²) in [6.07, 6.45) is 4.88.